The van der Waals surface area contributed by atoms with E-state index in [1.807, 2.05) is 149 Å². The van der Waals surface area contributed by atoms with Gasteiger partial charge in [-0.1, -0.05) is 100 Å². The highest BCUT2D eigenvalue weighted by Gasteiger charge is 2.29. The molecule has 0 spiro atoms. The lowest BCUT2D eigenvalue weighted by Crippen LogP contribution is -2.32. The highest BCUT2D eigenvalue weighted by atomic mass is 16.5. The number of aromatic nitrogens is 8. The van der Waals surface area contributed by atoms with Crippen molar-refractivity contribution in [1.29, 1.82) is 0 Å². The summed E-state index contributed by atoms with van der Waals surface area (Å²) >= 11 is 0. The molecule has 0 amide bonds. The van der Waals surface area contributed by atoms with Crippen LogP contribution in [0.2, 0.25) is 0 Å². The van der Waals surface area contributed by atoms with Crippen molar-refractivity contribution in [2.24, 2.45) is 28.2 Å². The molecule has 16 nitrogen and oxygen atoms in total. The summed E-state index contributed by atoms with van der Waals surface area (Å²) in [5.74, 6) is 1.37. The third-order valence-corrected chi connectivity index (χ3v) is 19.7. The normalized spacial score (nSPS) is 12.5. The van der Waals surface area contributed by atoms with E-state index >= 15 is 0 Å². The Morgan fingerprint density at radius 1 is 0.350 bits per heavy atom. The molecule has 0 unspecified atom stereocenters. The van der Waals surface area contributed by atoms with Crippen LogP contribution >= 0.6 is 0 Å². The molecule has 0 aliphatic heterocycles. The molecule has 0 bridgehead atoms. The Labute approximate surface area is 595 Å². The number of hydrogen-bond donors (Lipinski definition) is 0. The van der Waals surface area contributed by atoms with Gasteiger partial charge >= 0.3 is 0 Å². The lowest BCUT2D eigenvalue weighted by molar-refractivity contribution is -0.661. The summed E-state index contributed by atoms with van der Waals surface area (Å²) in [7, 11) is 7.95. The minimum absolute atomic E-state index is 0.0581. The standard InChI is InChI=1S/2C23H21N2O2.C21H17N2O2.C20H15N2O2/c1-13(2)18-12-25(4)19(11-24-18)16-10-21-17(9-14(16)3)22-15-7-5-6-8-20(15)26-23(22)27-21;1-13(2)17-12-25(4)18(11-24-17)20-14(3)9-10-16-21(20)27-22-15-7-5-6-8-19(15)26-23(16)22;1-12-8-9-15-19(18(12)16-10-22-13(2)11-23(16)3)25-20-14-6-4-5-7-17(14)24-21(15)20;1-12-7-8-14-18(17(12)15-11-21-9-10-22(15)2)24-19-13-5-3-4-6-16(13)23-20(14)19/h2*5-13H,1-4H3;4-11H,1-3H3;3-11H,1-2H3/q4*+1/i;;2D3;. The second-order valence-electron chi connectivity index (χ2n) is 27.3. The Hall–Kier alpha value is -12.6. The van der Waals surface area contributed by atoms with Gasteiger partial charge in [-0.25, -0.2) is 15.0 Å². The molecule has 20 aromatic rings. The average Bonchev–Trinajstić information content (AvgIpc) is 1.59. The van der Waals surface area contributed by atoms with Gasteiger partial charge in [0.1, 0.15) is 73.2 Å². The van der Waals surface area contributed by atoms with Crippen LogP contribution in [0.5, 0.6) is 0 Å². The highest BCUT2D eigenvalue weighted by Crippen LogP contribution is 2.45. The molecule has 0 aliphatic rings. The summed E-state index contributed by atoms with van der Waals surface area (Å²) in [6.07, 6.45) is 16.8. The lowest BCUT2D eigenvalue weighted by atomic mass is 10.0. The van der Waals surface area contributed by atoms with Crippen LogP contribution in [0.3, 0.4) is 0 Å². The zero-order chi connectivity index (χ0) is 73.3. The Morgan fingerprint density at radius 3 is 1.18 bits per heavy atom. The van der Waals surface area contributed by atoms with Crippen molar-refractivity contribution in [3.63, 3.8) is 0 Å². The van der Waals surface area contributed by atoms with Crippen molar-refractivity contribution < 1.29 is 57.7 Å². The topological polar surface area (TPSA) is 172 Å². The summed E-state index contributed by atoms with van der Waals surface area (Å²) in [6, 6.07) is 48.5. The summed E-state index contributed by atoms with van der Waals surface area (Å²) in [5.41, 5.74) is 25.9. The van der Waals surface area contributed by atoms with Crippen LogP contribution in [-0.4, -0.2) is 19.9 Å². The fourth-order valence-corrected chi connectivity index (χ4v) is 14.3. The summed E-state index contributed by atoms with van der Waals surface area (Å²) in [5, 5.41) is 9.03. The first-order chi connectivity index (χ1) is 51.1. The Kier molecular flexibility index (Phi) is 14.6. The number of nitrogens with zero attached hydrogens (tertiary/aromatic N) is 8. The summed E-state index contributed by atoms with van der Waals surface area (Å²) in [6.45, 7) is 14.7. The van der Waals surface area contributed by atoms with Gasteiger partial charge in [0.25, 0.3) is 5.78 Å². The Morgan fingerprint density at radius 2 is 0.748 bits per heavy atom. The maximum absolute atomic E-state index is 7.57. The van der Waals surface area contributed by atoms with Gasteiger partial charge in [-0.15, -0.1) is 0 Å². The monoisotopic (exact) mass is 1360 g/mol. The van der Waals surface area contributed by atoms with E-state index in [9.17, 15) is 0 Å². The van der Waals surface area contributed by atoms with E-state index < -0.39 is 6.85 Å². The minimum atomic E-state index is -2.25. The van der Waals surface area contributed by atoms with Gasteiger partial charge in [-0.05, 0) is 130 Å². The number of rotatable bonds is 6. The maximum atomic E-state index is 7.57. The van der Waals surface area contributed by atoms with E-state index in [4.69, 9.17) is 39.4 Å². The predicted molar refractivity (Wildman–Crippen MR) is 403 cm³/mol. The van der Waals surface area contributed by atoms with Crippen molar-refractivity contribution in [2.45, 2.75) is 74.1 Å². The fourth-order valence-electron chi connectivity index (χ4n) is 14.3. The zero-order valence-corrected chi connectivity index (χ0v) is 59.1. The average molecular weight is 1360 g/mol. The number of aryl methyl sites for hydroxylation is 9. The largest absolute Gasteiger partial charge is 0.452 e. The molecule has 20 rings (SSSR count). The van der Waals surface area contributed by atoms with Crippen LogP contribution in [0.1, 0.15) is 83.0 Å². The molecule has 12 heterocycles. The third-order valence-electron chi connectivity index (χ3n) is 19.7. The fraction of sp³-hybridized carbons (Fsp3) is 0.172. The summed E-state index contributed by atoms with van der Waals surface area (Å²) in [4.78, 5) is 17.8. The smallest absolute Gasteiger partial charge is 0.299 e. The van der Waals surface area contributed by atoms with Gasteiger partial charge in [0, 0.05) is 26.7 Å². The van der Waals surface area contributed by atoms with Gasteiger partial charge in [0.05, 0.1) is 90.9 Å². The molecule has 12 aromatic heterocycles. The van der Waals surface area contributed by atoms with Crippen LogP contribution < -0.4 is 18.3 Å². The summed E-state index contributed by atoms with van der Waals surface area (Å²) < 4.78 is 79.9. The lowest BCUT2D eigenvalue weighted by Gasteiger charge is -2.07. The van der Waals surface area contributed by atoms with E-state index in [1.54, 1.807) is 23.2 Å². The van der Waals surface area contributed by atoms with E-state index in [-0.39, 0.29) is 5.69 Å². The minimum Gasteiger partial charge on any atom is -0.452 e. The predicted octanol–water partition coefficient (Wildman–Crippen LogP) is 20.7. The maximum Gasteiger partial charge on any atom is 0.299 e. The molecule has 0 atom stereocenters. The van der Waals surface area contributed by atoms with Gasteiger partial charge in [-0.3, -0.25) is 4.98 Å². The molecule has 103 heavy (non-hydrogen) atoms. The highest BCUT2D eigenvalue weighted by molar-refractivity contribution is 6.19. The Balaban J connectivity index is 0.000000104. The Bertz CT molecular complexity index is 6920. The van der Waals surface area contributed by atoms with Crippen molar-refractivity contribution in [3.05, 3.63) is 241 Å². The van der Waals surface area contributed by atoms with Crippen LogP contribution in [0.15, 0.2) is 237 Å². The quantitative estimate of drug-likeness (QED) is 0.144. The number of furan rings is 8. The molecular formula is C87H74N8O8+4. The van der Waals surface area contributed by atoms with Gasteiger partial charge < -0.3 is 35.3 Å². The number of para-hydroxylation sites is 4. The van der Waals surface area contributed by atoms with Crippen molar-refractivity contribution in [1.82, 2.24) is 19.9 Å². The molecule has 8 aromatic carbocycles. The molecule has 0 aliphatic carbocycles. The first-order valence-electron chi connectivity index (χ1n) is 35.9. The molecule has 0 fully saturated rings. The van der Waals surface area contributed by atoms with Crippen molar-refractivity contribution in [2.75, 3.05) is 0 Å². The molecule has 16 heteroatoms. The van der Waals surface area contributed by atoms with Crippen LogP contribution in [-0.2, 0) is 28.2 Å². The third kappa shape index (κ3) is 10.7. The SMILES string of the molecule is Cc1cc2c(cc1-c1cnc(C(C)C)c[n+]1C)oc1oc3ccccc3c12.Cc1ccc2c(oc3c4ccccc4oc23)c1-c1cnc(C(C)C)c[n+]1C.Cc1ccc2c(oc3c4ccccc4oc23)c1-c1cncc[n+]1C.[2H]C([2H])([2H])c1c[n+](C)c(-c2c(C)ccc3c2oc2c4ccccc4oc32)cn1. The zero-order valence-electron chi connectivity index (χ0n) is 62.1. The first kappa shape index (κ1) is 60.4. The van der Waals surface area contributed by atoms with Crippen LogP contribution in [0.25, 0.3) is 177 Å². The van der Waals surface area contributed by atoms with E-state index in [2.05, 4.69) is 151 Å². The van der Waals surface area contributed by atoms with Crippen molar-refractivity contribution >= 4 is 132 Å². The molecule has 0 radical (unpaired) electrons. The van der Waals surface area contributed by atoms with Gasteiger partial charge in [-0.2, -0.15) is 18.3 Å². The van der Waals surface area contributed by atoms with E-state index in [0.29, 0.717) is 34.4 Å². The molecule has 0 N–H and O–H groups in total. The molecule has 0 saturated heterocycles. The first-order valence-corrected chi connectivity index (χ1v) is 34.4. The number of hydrogen-bond acceptors (Lipinski definition) is 12. The second-order valence-corrected chi connectivity index (χ2v) is 27.3. The van der Waals surface area contributed by atoms with E-state index in [0.717, 1.165) is 183 Å². The van der Waals surface area contributed by atoms with Crippen LogP contribution in [0, 0.1) is 34.5 Å². The molecule has 506 valence electrons. The molecule has 0 saturated carbocycles. The van der Waals surface area contributed by atoms with Gasteiger partial charge in [0.2, 0.25) is 22.8 Å². The molecular weight excluding hydrogens is 1290 g/mol. The van der Waals surface area contributed by atoms with Gasteiger partial charge in [0.15, 0.2) is 75.0 Å². The second kappa shape index (κ2) is 25.0. The van der Waals surface area contributed by atoms with Crippen molar-refractivity contribution in [3.8, 4) is 45.0 Å². The number of benzene rings is 8. The van der Waals surface area contributed by atoms with Crippen LogP contribution in [0.4, 0.5) is 0 Å². The number of fused-ring (bicyclic) bond motifs is 20. The van der Waals surface area contributed by atoms with E-state index in [1.165, 1.54) is 5.56 Å².